The maximum Gasteiger partial charge on any atom is 0.275 e. The van der Waals surface area contributed by atoms with Gasteiger partial charge in [-0.25, -0.2) is 8.42 Å². The summed E-state index contributed by atoms with van der Waals surface area (Å²) >= 11 is 0. The highest BCUT2D eigenvalue weighted by molar-refractivity contribution is 7.89. The molecule has 1 heterocycles. The van der Waals surface area contributed by atoms with Crippen LogP contribution in [0.3, 0.4) is 0 Å². The summed E-state index contributed by atoms with van der Waals surface area (Å²) in [5, 5.41) is 20.5. The molecule has 0 atom stereocenters. The Morgan fingerprint density at radius 2 is 1.69 bits per heavy atom. The van der Waals surface area contributed by atoms with Crippen molar-refractivity contribution < 1.29 is 13.3 Å². The summed E-state index contributed by atoms with van der Waals surface area (Å²) in [4.78, 5) is 13.0. The van der Waals surface area contributed by atoms with Gasteiger partial charge in [0.15, 0.2) is 0 Å². The largest absolute Gasteiger partial charge is 0.368 e. The topological polar surface area (TPSA) is 108 Å². The lowest BCUT2D eigenvalue weighted by Gasteiger charge is -2.36. The van der Waals surface area contributed by atoms with Gasteiger partial charge < -0.3 is 4.90 Å². The fourth-order valence-electron chi connectivity index (χ4n) is 3.46. The number of nitrogens with zero attached hydrogens (tertiary/aromatic N) is 4. The SMILES string of the molecule is Cc1ccc(S(=O)(=O)N2CCN(c3cc(C#N)cc([N+](=O)[O-])c3C)CC2)cc1C. The second-order valence-electron chi connectivity index (χ2n) is 7.15. The second kappa shape index (κ2) is 7.81. The van der Waals surface area contributed by atoms with Crippen molar-refractivity contribution in [2.45, 2.75) is 25.7 Å². The van der Waals surface area contributed by atoms with Gasteiger partial charge in [-0.1, -0.05) is 6.07 Å². The normalized spacial score (nSPS) is 15.2. The van der Waals surface area contributed by atoms with E-state index in [1.54, 1.807) is 31.2 Å². The maximum absolute atomic E-state index is 13.0. The summed E-state index contributed by atoms with van der Waals surface area (Å²) in [7, 11) is -3.61. The molecule has 2 aromatic carbocycles. The van der Waals surface area contributed by atoms with Gasteiger partial charge in [-0.2, -0.15) is 9.57 Å². The van der Waals surface area contributed by atoms with E-state index in [1.807, 2.05) is 24.8 Å². The quantitative estimate of drug-likeness (QED) is 0.562. The van der Waals surface area contributed by atoms with Crippen molar-refractivity contribution in [1.29, 1.82) is 5.26 Å². The van der Waals surface area contributed by atoms with E-state index in [1.165, 1.54) is 10.4 Å². The first-order valence-corrected chi connectivity index (χ1v) is 10.6. The van der Waals surface area contributed by atoms with Crippen molar-refractivity contribution in [2.24, 2.45) is 0 Å². The smallest absolute Gasteiger partial charge is 0.275 e. The highest BCUT2D eigenvalue weighted by Gasteiger charge is 2.30. The average molecular weight is 414 g/mol. The molecule has 1 saturated heterocycles. The van der Waals surface area contributed by atoms with Crippen molar-refractivity contribution in [3.63, 3.8) is 0 Å². The minimum absolute atomic E-state index is 0.107. The standard InChI is InChI=1S/C20H22N4O4S/c1-14-4-5-18(10-15(14)2)29(27,28)23-8-6-22(7-9-23)19-11-17(13-21)12-20(16(19)3)24(25)26/h4-5,10-12H,6-9H2,1-3H3. The van der Waals surface area contributed by atoms with Crippen molar-refractivity contribution in [3.05, 3.63) is 62.7 Å². The molecule has 1 aliphatic rings. The minimum atomic E-state index is -3.61. The lowest BCUT2D eigenvalue weighted by molar-refractivity contribution is -0.385. The van der Waals surface area contributed by atoms with E-state index in [0.717, 1.165) is 11.1 Å². The first-order valence-electron chi connectivity index (χ1n) is 9.16. The van der Waals surface area contributed by atoms with Gasteiger partial charge in [0.2, 0.25) is 10.0 Å². The van der Waals surface area contributed by atoms with E-state index < -0.39 is 14.9 Å². The predicted molar refractivity (Wildman–Crippen MR) is 109 cm³/mol. The Balaban J connectivity index is 1.84. The summed E-state index contributed by atoms with van der Waals surface area (Å²) in [5.41, 5.74) is 3.12. The molecule has 3 rings (SSSR count). The third kappa shape index (κ3) is 3.95. The van der Waals surface area contributed by atoms with E-state index in [-0.39, 0.29) is 29.2 Å². The van der Waals surface area contributed by atoms with Crippen molar-refractivity contribution in [2.75, 3.05) is 31.1 Å². The molecular weight excluding hydrogens is 392 g/mol. The van der Waals surface area contributed by atoms with Gasteiger partial charge in [0, 0.05) is 37.9 Å². The molecule has 1 fully saturated rings. The van der Waals surface area contributed by atoms with E-state index >= 15 is 0 Å². The molecule has 0 amide bonds. The zero-order valence-corrected chi connectivity index (χ0v) is 17.4. The molecule has 0 bridgehead atoms. The van der Waals surface area contributed by atoms with Crippen LogP contribution in [0.15, 0.2) is 35.2 Å². The van der Waals surface area contributed by atoms with E-state index in [9.17, 15) is 23.8 Å². The van der Waals surface area contributed by atoms with Crippen LogP contribution in [-0.2, 0) is 10.0 Å². The molecule has 2 aromatic rings. The molecule has 29 heavy (non-hydrogen) atoms. The number of nitriles is 1. The van der Waals surface area contributed by atoms with Crippen LogP contribution in [0.25, 0.3) is 0 Å². The van der Waals surface area contributed by atoms with Gasteiger partial charge in [0.1, 0.15) is 0 Å². The number of nitro groups is 1. The molecule has 0 unspecified atom stereocenters. The zero-order valence-electron chi connectivity index (χ0n) is 16.5. The van der Waals surface area contributed by atoms with Gasteiger partial charge in [-0.05, 0) is 50.1 Å². The lowest BCUT2D eigenvalue weighted by Crippen LogP contribution is -2.48. The number of piperazine rings is 1. The average Bonchev–Trinajstić information content (AvgIpc) is 2.70. The zero-order chi connectivity index (χ0) is 21.3. The Kier molecular flexibility index (Phi) is 5.59. The number of hydrogen-bond donors (Lipinski definition) is 0. The number of rotatable bonds is 4. The van der Waals surface area contributed by atoms with E-state index in [4.69, 9.17) is 0 Å². The summed E-state index contributed by atoms with van der Waals surface area (Å²) in [5.74, 6) is 0. The van der Waals surface area contributed by atoms with Crippen LogP contribution in [-0.4, -0.2) is 43.8 Å². The second-order valence-corrected chi connectivity index (χ2v) is 9.08. The summed E-state index contributed by atoms with van der Waals surface area (Å²) in [6, 6.07) is 9.94. The number of nitro benzene ring substituents is 1. The first kappa shape index (κ1) is 20.8. The molecular formula is C20H22N4O4S. The van der Waals surface area contributed by atoms with Crippen LogP contribution in [0.5, 0.6) is 0 Å². The van der Waals surface area contributed by atoms with E-state index in [2.05, 4.69) is 0 Å². The van der Waals surface area contributed by atoms with Crippen molar-refractivity contribution in [3.8, 4) is 6.07 Å². The van der Waals surface area contributed by atoms with Crippen molar-refractivity contribution in [1.82, 2.24) is 4.31 Å². The van der Waals surface area contributed by atoms with Crippen LogP contribution in [0.1, 0.15) is 22.3 Å². The molecule has 0 aliphatic carbocycles. The number of sulfonamides is 1. The molecule has 0 saturated carbocycles. The van der Waals surface area contributed by atoms with Crippen LogP contribution in [0.4, 0.5) is 11.4 Å². The van der Waals surface area contributed by atoms with Gasteiger partial charge in [0.05, 0.1) is 27.0 Å². The highest BCUT2D eigenvalue weighted by Crippen LogP contribution is 2.31. The van der Waals surface area contributed by atoms with Gasteiger partial charge in [-0.15, -0.1) is 0 Å². The van der Waals surface area contributed by atoms with Crippen LogP contribution in [0, 0.1) is 42.2 Å². The van der Waals surface area contributed by atoms with Gasteiger partial charge >= 0.3 is 0 Å². The Morgan fingerprint density at radius 3 is 2.24 bits per heavy atom. The Morgan fingerprint density at radius 1 is 1.03 bits per heavy atom. The van der Waals surface area contributed by atoms with E-state index in [0.29, 0.717) is 24.3 Å². The lowest BCUT2D eigenvalue weighted by atomic mass is 10.1. The molecule has 0 aromatic heterocycles. The Bertz CT molecular complexity index is 1110. The highest BCUT2D eigenvalue weighted by atomic mass is 32.2. The predicted octanol–water partition coefficient (Wildman–Crippen LogP) is 2.90. The molecule has 9 heteroatoms. The minimum Gasteiger partial charge on any atom is -0.368 e. The Labute approximate surface area is 170 Å². The van der Waals surface area contributed by atoms with Crippen molar-refractivity contribution >= 4 is 21.4 Å². The molecule has 1 aliphatic heterocycles. The third-order valence-electron chi connectivity index (χ3n) is 5.37. The number of hydrogen-bond acceptors (Lipinski definition) is 6. The van der Waals surface area contributed by atoms with Crippen LogP contribution in [0.2, 0.25) is 0 Å². The summed E-state index contributed by atoms with van der Waals surface area (Å²) in [6.45, 7) is 6.75. The summed E-state index contributed by atoms with van der Waals surface area (Å²) < 4.78 is 27.4. The molecule has 0 N–H and O–H groups in total. The third-order valence-corrected chi connectivity index (χ3v) is 7.27. The monoisotopic (exact) mass is 414 g/mol. The molecule has 8 nitrogen and oxygen atoms in total. The van der Waals surface area contributed by atoms with Crippen LogP contribution < -0.4 is 4.90 Å². The summed E-state index contributed by atoms with van der Waals surface area (Å²) in [6.07, 6.45) is 0. The number of anilines is 1. The Hall–Kier alpha value is -2.96. The fourth-order valence-corrected chi connectivity index (χ4v) is 4.97. The maximum atomic E-state index is 13.0. The molecule has 0 spiro atoms. The van der Waals surface area contributed by atoms with Gasteiger partial charge in [-0.3, -0.25) is 10.1 Å². The van der Waals surface area contributed by atoms with Gasteiger partial charge in [0.25, 0.3) is 5.69 Å². The number of benzene rings is 2. The van der Waals surface area contributed by atoms with Crippen LogP contribution >= 0.6 is 0 Å². The molecule has 0 radical (unpaired) electrons. The number of aryl methyl sites for hydroxylation is 2. The fraction of sp³-hybridized carbons (Fsp3) is 0.350. The first-order chi connectivity index (χ1) is 13.6. The molecule has 152 valence electrons.